The molecule has 0 saturated carbocycles. The van der Waals surface area contributed by atoms with Gasteiger partial charge in [-0.3, -0.25) is 0 Å². The molecule has 4 heteroatoms. The van der Waals surface area contributed by atoms with Crippen LogP contribution in [0.5, 0.6) is 17.2 Å². The van der Waals surface area contributed by atoms with Gasteiger partial charge in [0.2, 0.25) is 0 Å². The van der Waals surface area contributed by atoms with Crippen LogP contribution in [0.4, 0.5) is 0 Å². The number of hydrogen-bond donors (Lipinski definition) is 0. The van der Waals surface area contributed by atoms with Gasteiger partial charge in [-0.15, -0.1) is 0 Å². The first kappa shape index (κ1) is 15.9. The highest BCUT2D eigenvalue weighted by atomic mass is 127. The second kappa shape index (κ2) is 8.77. The molecule has 0 bridgehead atoms. The molecule has 0 aliphatic rings. The first-order valence-corrected chi connectivity index (χ1v) is 8.01. The van der Waals surface area contributed by atoms with Gasteiger partial charge in [0.25, 0.3) is 0 Å². The van der Waals surface area contributed by atoms with Crippen molar-refractivity contribution in [1.82, 2.24) is 0 Å². The fourth-order valence-corrected chi connectivity index (χ4v) is 2.17. The first-order chi connectivity index (χ1) is 10.3. The minimum absolute atomic E-state index is 0.684. The molecule has 0 fully saturated rings. The third kappa shape index (κ3) is 5.83. The summed E-state index contributed by atoms with van der Waals surface area (Å²) in [5, 5.41) is 0. The van der Waals surface area contributed by atoms with Crippen molar-refractivity contribution in [3.63, 3.8) is 0 Å². The van der Waals surface area contributed by atoms with E-state index in [1.807, 2.05) is 48.5 Å². The van der Waals surface area contributed by atoms with Crippen molar-refractivity contribution in [2.24, 2.45) is 0 Å². The van der Waals surface area contributed by atoms with Crippen LogP contribution in [0, 0.1) is 3.57 Å². The molecule has 0 amide bonds. The van der Waals surface area contributed by atoms with Crippen molar-refractivity contribution in [2.45, 2.75) is 12.8 Å². The van der Waals surface area contributed by atoms with Crippen molar-refractivity contribution < 1.29 is 14.2 Å². The topological polar surface area (TPSA) is 27.7 Å². The molecule has 0 aliphatic heterocycles. The smallest absolute Gasteiger partial charge is 0.122 e. The summed E-state index contributed by atoms with van der Waals surface area (Å²) in [6.07, 6.45) is 1.93. The van der Waals surface area contributed by atoms with Gasteiger partial charge in [0.05, 0.1) is 20.3 Å². The summed E-state index contributed by atoms with van der Waals surface area (Å²) in [5.41, 5.74) is 0. The predicted octanol–water partition coefficient (Wildman–Crippen LogP) is 4.54. The molecule has 2 aromatic carbocycles. The van der Waals surface area contributed by atoms with Crippen LogP contribution in [-0.4, -0.2) is 20.3 Å². The Morgan fingerprint density at radius 3 is 2.10 bits per heavy atom. The molecular formula is C17H19IO3. The fraction of sp³-hybridized carbons (Fsp3) is 0.294. The molecule has 0 N–H and O–H groups in total. The van der Waals surface area contributed by atoms with E-state index in [-0.39, 0.29) is 0 Å². The van der Waals surface area contributed by atoms with E-state index in [9.17, 15) is 0 Å². The van der Waals surface area contributed by atoms with Crippen molar-refractivity contribution in [3.8, 4) is 17.2 Å². The summed E-state index contributed by atoms with van der Waals surface area (Å²) < 4.78 is 17.7. The monoisotopic (exact) mass is 398 g/mol. The van der Waals surface area contributed by atoms with Crippen LogP contribution in [-0.2, 0) is 0 Å². The molecule has 0 aliphatic carbocycles. The lowest BCUT2D eigenvalue weighted by molar-refractivity contribution is 0.265. The summed E-state index contributed by atoms with van der Waals surface area (Å²) in [7, 11) is 1.65. The molecule has 3 nitrogen and oxygen atoms in total. The van der Waals surface area contributed by atoms with Gasteiger partial charge in [0, 0.05) is 9.64 Å². The van der Waals surface area contributed by atoms with Gasteiger partial charge in [0.1, 0.15) is 17.2 Å². The number of rotatable bonds is 8. The molecule has 0 heterocycles. The standard InChI is InChI=1S/C17H19IO3/c1-19-16-5-4-6-17(13-16)21-12-3-2-11-20-15-9-7-14(18)8-10-15/h4-10,13H,2-3,11-12H2,1H3. The summed E-state index contributed by atoms with van der Waals surface area (Å²) >= 11 is 2.28. The number of unbranched alkanes of at least 4 members (excludes halogenated alkanes) is 1. The Labute approximate surface area is 139 Å². The third-order valence-electron chi connectivity index (χ3n) is 2.93. The molecule has 0 aromatic heterocycles. The zero-order chi connectivity index (χ0) is 14.9. The van der Waals surface area contributed by atoms with Gasteiger partial charge < -0.3 is 14.2 Å². The second-order valence-corrected chi connectivity index (χ2v) is 5.78. The van der Waals surface area contributed by atoms with Crippen LogP contribution in [0.15, 0.2) is 48.5 Å². The molecular weight excluding hydrogens is 379 g/mol. The maximum atomic E-state index is 5.68. The van der Waals surface area contributed by atoms with E-state index >= 15 is 0 Å². The van der Waals surface area contributed by atoms with E-state index in [0.717, 1.165) is 30.1 Å². The molecule has 2 aromatic rings. The minimum atomic E-state index is 0.684. The van der Waals surface area contributed by atoms with E-state index in [1.54, 1.807) is 7.11 Å². The van der Waals surface area contributed by atoms with Gasteiger partial charge in [-0.2, -0.15) is 0 Å². The highest BCUT2D eigenvalue weighted by Gasteiger charge is 1.97. The zero-order valence-corrected chi connectivity index (χ0v) is 14.2. The molecule has 0 atom stereocenters. The van der Waals surface area contributed by atoms with E-state index < -0.39 is 0 Å². The molecule has 2 rings (SSSR count). The number of ether oxygens (including phenoxy) is 3. The maximum Gasteiger partial charge on any atom is 0.122 e. The van der Waals surface area contributed by atoms with Crippen molar-refractivity contribution in [2.75, 3.05) is 20.3 Å². The molecule has 0 spiro atoms. The largest absolute Gasteiger partial charge is 0.497 e. The summed E-state index contributed by atoms with van der Waals surface area (Å²) in [5.74, 6) is 2.58. The minimum Gasteiger partial charge on any atom is -0.497 e. The number of benzene rings is 2. The SMILES string of the molecule is COc1cccc(OCCCCOc2ccc(I)cc2)c1. The van der Waals surface area contributed by atoms with E-state index in [4.69, 9.17) is 14.2 Å². The Bertz CT molecular complexity index is 540. The van der Waals surface area contributed by atoms with Crippen LogP contribution < -0.4 is 14.2 Å². The average Bonchev–Trinajstić information content (AvgIpc) is 2.52. The molecule has 0 saturated heterocycles. The highest BCUT2D eigenvalue weighted by Crippen LogP contribution is 2.19. The number of methoxy groups -OCH3 is 1. The van der Waals surface area contributed by atoms with Crippen LogP contribution in [0.2, 0.25) is 0 Å². The zero-order valence-electron chi connectivity index (χ0n) is 12.0. The van der Waals surface area contributed by atoms with Crippen molar-refractivity contribution in [1.29, 1.82) is 0 Å². The van der Waals surface area contributed by atoms with E-state index in [0.29, 0.717) is 13.2 Å². The third-order valence-corrected chi connectivity index (χ3v) is 3.65. The lowest BCUT2D eigenvalue weighted by Crippen LogP contribution is -2.02. The van der Waals surface area contributed by atoms with E-state index in [1.165, 1.54) is 3.57 Å². The normalized spacial score (nSPS) is 10.2. The van der Waals surface area contributed by atoms with Crippen molar-refractivity contribution in [3.05, 3.63) is 52.1 Å². The van der Waals surface area contributed by atoms with Gasteiger partial charge in [-0.05, 0) is 71.8 Å². The number of hydrogen-bond acceptors (Lipinski definition) is 3. The Morgan fingerprint density at radius 2 is 1.43 bits per heavy atom. The van der Waals surface area contributed by atoms with Crippen LogP contribution in [0.3, 0.4) is 0 Å². The quantitative estimate of drug-likeness (QED) is 0.483. The van der Waals surface area contributed by atoms with Crippen LogP contribution >= 0.6 is 22.6 Å². The fourth-order valence-electron chi connectivity index (χ4n) is 1.81. The van der Waals surface area contributed by atoms with Crippen LogP contribution in [0.25, 0.3) is 0 Å². The summed E-state index contributed by atoms with van der Waals surface area (Å²) in [4.78, 5) is 0. The molecule has 0 unspecified atom stereocenters. The predicted molar refractivity (Wildman–Crippen MR) is 92.4 cm³/mol. The second-order valence-electron chi connectivity index (χ2n) is 4.54. The summed E-state index contributed by atoms with van der Waals surface area (Å²) in [6, 6.07) is 15.7. The Kier molecular flexibility index (Phi) is 6.66. The molecule has 21 heavy (non-hydrogen) atoms. The van der Waals surface area contributed by atoms with Gasteiger partial charge >= 0.3 is 0 Å². The highest BCUT2D eigenvalue weighted by molar-refractivity contribution is 14.1. The Hall–Kier alpha value is -1.43. The van der Waals surface area contributed by atoms with Gasteiger partial charge in [-0.25, -0.2) is 0 Å². The lowest BCUT2D eigenvalue weighted by Gasteiger charge is -2.08. The van der Waals surface area contributed by atoms with Crippen LogP contribution in [0.1, 0.15) is 12.8 Å². The van der Waals surface area contributed by atoms with Gasteiger partial charge in [-0.1, -0.05) is 6.07 Å². The lowest BCUT2D eigenvalue weighted by atomic mass is 10.3. The Balaban J connectivity index is 1.60. The molecule has 0 radical (unpaired) electrons. The van der Waals surface area contributed by atoms with Gasteiger partial charge in [0.15, 0.2) is 0 Å². The summed E-state index contributed by atoms with van der Waals surface area (Å²) in [6.45, 7) is 1.39. The Morgan fingerprint density at radius 1 is 0.810 bits per heavy atom. The molecule has 112 valence electrons. The van der Waals surface area contributed by atoms with Crippen molar-refractivity contribution >= 4 is 22.6 Å². The van der Waals surface area contributed by atoms with E-state index in [2.05, 4.69) is 22.6 Å². The first-order valence-electron chi connectivity index (χ1n) is 6.93. The average molecular weight is 398 g/mol. The number of halogens is 1. The maximum absolute atomic E-state index is 5.68.